The van der Waals surface area contributed by atoms with Gasteiger partial charge in [0.25, 0.3) is 5.01 Å². The molecule has 2 heteroatoms. The van der Waals surface area contributed by atoms with Crippen molar-refractivity contribution in [2.24, 2.45) is 0 Å². The van der Waals surface area contributed by atoms with E-state index in [4.69, 9.17) is 0 Å². The number of para-hydroxylation sites is 1. The molecule has 1 aliphatic rings. The maximum atomic E-state index is 2.48. The van der Waals surface area contributed by atoms with Crippen molar-refractivity contribution in [3.63, 3.8) is 0 Å². The van der Waals surface area contributed by atoms with Gasteiger partial charge in [0.15, 0.2) is 6.54 Å². The lowest BCUT2D eigenvalue weighted by atomic mass is 9.97. The van der Waals surface area contributed by atoms with E-state index in [9.17, 15) is 0 Å². The Morgan fingerprint density at radius 3 is 2.55 bits per heavy atom. The Morgan fingerprint density at radius 2 is 1.70 bits per heavy atom. The van der Waals surface area contributed by atoms with Crippen LogP contribution in [-0.4, -0.2) is 0 Å². The summed E-state index contributed by atoms with van der Waals surface area (Å²) in [4.78, 5) is 0. The van der Waals surface area contributed by atoms with Crippen molar-refractivity contribution in [3.05, 3.63) is 70.7 Å². The van der Waals surface area contributed by atoms with Crippen molar-refractivity contribution >= 4 is 27.1 Å². The molecule has 1 aromatic heterocycles. The largest absolute Gasteiger partial charge is 0.270 e. The predicted octanol–water partition coefficient (Wildman–Crippen LogP) is 4.41. The molecule has 4 rings (SSSR count). The summed E-state index contributed by atoms with van der Waals surface area (Å²) in [5, 5.41) is 1.40. The van der Waals surface area contributed by atoms with E-state index in [-0.39, 0.29) is 0 Å². The predicted molar refractivity (Wildman–Crippen MR) is 84.8 cm³/mol. The number of aryl methyl sites for hydroxylation is 1. The Bertz CT molecular complexity index is 812. The van der Waals surface area contributed by atoms with Gasteiger partial charge in [-0.2, -0.15) is 4.57 Å². The third-order valence-corrected chi connectivity index (χ3v) is 5.20. The van der Waals surface area contributed by atoms with E-state index in [1.54, 1.807) is 0 Å². The van der Waals surface area contributed by atoms with Crippen molar-refractivity contribution < 1.29 is 4.57 Å². The Morgan fingerprint density at radius 1 is 0.950 bits per heavy atom. The molecule has 3 aromatic rings. The molecule has 0 radical (unpaired) electrons. The molecule has 1 nitrogen and oxygen atoms in total. The van der Waals surface area contributed by atoms with E-state index in [1.807, 2.05) is 11.3 Å². The fraction of sp³-hybridized carbons (Fsp3) is 0.167. The zero-order chi connectivity index (χ0) is 13.5. The summed E-state index contributed by atoms with van der Waals surface area (Å²) in [6.45, 7) is 3.37. The van der Waals surface area contributed by atoms with Crippen LogP contribution < -0.4 is 4.57 Å². The van der Waals surface area contributed by atoms with Crippen LogP contribution in [0.15, 0.2) is 60.2 Å². The smallest absolute Gasteiger partial charge is 0.181 e. The first kappa shape index (κ1) is 11.9. The Kier molecular flexibility index (Phi) is 2.71. The zero-order valence-corrected chi connectivity index (χ0v) is 12.3. The summed E-state index contributed by atoms with van der Waals surface area (Å²) in [7, 11) is 0. The van der Waals surface area contributed by atoms with Crippen LogP contribution in [0.2, 0.25) is 0 Å². The number of fused-ring (bicyclic) bond motifs is 3. The highest BCUT2D eigenvalue weighted by molar-refractivity contribution is 7.19. The fourth-order valence-corrected chi connectivity index (χ4v) is 4.34. The molecule has 0 saturated heterocycles. The molecular formula is C18H16NS+. The van der Waals surface area contributed by atoms with Gasteiger partial charge in [-0.25, -0.2) is 0 Å². The summed E-state index contributed by atoms with van der Waals surface area (Å²) in [5.41, 5.74) is 5.64. The standard InChI is InChI=1S/C18H16NS/c1-13-11-12-19-15-9-5-6-10-16(15)20-18(19)17(13)14-7-3-2-4-8-14/h2-10H,11-12H2,1H3/q+1. The zero-order valence-electron chi connectivity index (χ0n) is 11.5. The first-order valence-electron chi connectivity index (χ1n) is 7.01. The molecule has 20 heavy (non-hydrogen) atoms. The summed E-state index contributed by atoms with van der Waals surface area (Å²) in [5.74, 6) is 0. The van der Waals surface area contributed by atoms with Crippen LogP contribution in [0.1, 0.15) is 23.9 Å². The normalized spacial score (nSPS) is 14.7. The van der Waals surface area contributed by atoms with E-state index in [2.05, 4.69) is 66.1 Å². The minimum Gasteiger partial charge on any atom is -0.181 e. The second-order valence-electron chi connectivity index (χ2n) is 5.30. The van der Waals surface area contributed by atoms with Crippen molar-refractivity contribution in [1.82, 2.24) is 0 Å². The molecule has 0 bridgehead atoms. The van der Waals surface area contributed by atoms with Gasteiger partial charge in [-0.1, -0.05) is 59.4 Å². The monoisotopic (exact) mass is 278 g/mol. The highest BCUT2D eigenvalue weighted by Gasteiger charge is 2.29. The Hall–Kier alpha value is -1.93. The Balaban J connectivity index is 2.01. The van der Waals surface area contributed by atoms with Crippen LogP contribution in [0.5, 0.6) is 0 Å². The van der Waals surface area contributed by atoms with E-state index < -0.39 is 0 Å². The van der Waals surface area contributed by atoms with E-state index >= 15 is 0 Å². The van der Waals surface area contributed by atoms with Gasteiger partial charge in [0, 0.05) is 12.5 Å². The average Bonchev–Trinajstić information content (AvgIpc) is 2.86. The summed E-state index contributed by atoms with van der Waals surface area (Å²) in [6, 6.07) is 19.5. The molecule has 0 saturated carbocycles. The van der Waals surface area contributed by atoms with Crippen LogP contribution in [0, 0.1) is 0 Å². The second kappa shape index (κ2) is 4.57. The van der Waals surface area contributed by atoms with Crippen LogP contribution in [0.3, 0.4) is 0 Å². The molecule has 0 spiro atoms. The molecule has 1 aliphatic heterocycles. The Labute approximate surface area is 122 Å². The van der Waals surface area contributed by atoms with Crippen molar-refractivity contribution in [2.45, 2.75) is 19.9 Å². The van der Waals surface area contributed by atoms with Gasteiger partial charge in [0.1, 0.15) is 4.70 Å². The van der Waals surface area contributed by atoms with Gasteiger partial charge in [-0.15, -0.1) is 0 Å². The van der Waals surface area contributed by atoms with Gasteiger partial charge in [-0.3, -0.25) is 0 Å². The number of aromatic nitrogens is 1. The quantitative estimate of drug-likeness (QED) is 0.580. The number of benzene rings is 2. The number of rotatable bonds is 1. The molecule has 0 fully saturated rings. The summed E-state index contributed by atoms with van der Waals surface area (Å²) >= 11 is 1.91. The van der Waals surface area contributed by atoms with Gasteiger partial charge in [0.2, 0.25) is 5.52 Å². The number of nitrogens with zero attached hydrogens (tertiary/aromatic N) is 1. The lowest BCUT2D eigenvalue weighted by Crippen LogP contribution is -2.38. The third-order valence-electron chi connectivity index (χ3n) is 4.02. The SMILES string of the molecule is CC1=C(c2ccccc2)c2sc3ccccc3[n+]2CC1. The maximum absolute atomic E-state index is 2.48. The number of allylic oxidation sites excluding steroid dienone is 1. The van der Waals surface area contributed by atoms with Crippen LogP contribution in [-0.2, 0) is 6.54 Å². The molecule has 0 aliphatic carbocycles. The molecule has 2 heterocycles. The van der Waals surface area contributed by atoms with Gasteiger partial charge < -0.3 is 0 Å². The molecule has 0 unspecified atom stereocenters. The summed E-state index contributed by atoms with van der Waals surface area (Å²) in [6.07, 6.45) is 1.14. The average molecular weight is 278 g/mol. The van der Waals surface area contributed by atoms with Gasteiger partial charge >= 0.3 is 0 Å². The lowest BCUT2D eigenvalue weighted by Gasteiger charge is -2.13. The van der Waals surface area contributed by atoms with Crippen molar-refractivity contribution in [2.75, 3.05) is 0 Å². The molecule has 0 atom stereocenters. The first-order valence-corrected chi connectivity index (χ1v) is 7.83. The highest BCUT2D eigenvalue weighted by atomic mass is 32.1. The topological polar surface area (TPSA) is 3.88 Å². The molecule has 0 amide bonds. The highest BCUT2D eigenvalue weighted by Crippen LogP contribution is 2.35. The summed E-state index contributed by atoms with van der Waals surface area (Å²) < 4.78 is 3.86. The van der Waals surface area contributed by atoms with E-state index in [0.29, 0.717) is 0 Å². The number of hydrogen-bond donors (Lipinski definition) is 0. The lowest BCUT2D eigenvalue weighted by molar-refractivity contribution is -0.670. The van der Waals surface area contributed by atoms with E-state index in [0.717, 1.165) is 13.0 Å². The maximum Gasteiger partial charge on any atom is 0.270 e. The van der Waals surface area contributed by atoms with E-state index in [1.165, 1.54) is 31.9 Å². The van der Waals surface area contributed by atoms with Gasteiger partial charge in [0.05, 0.1) is 5.57 Å². The number of hydrogen-bond acceptors (Lipinski definition) is 1. The second-order valence-corrected chi connectivity index (χ2v) is 6.33. The van der Waals surface area contributed by atoms with Crippen LogP contribution in [0.4, 0.5) is 0 Å². The third kappa shape index (κ3) is 1.72. The van der Waals surface area contributed by atoms with Gasteiger partial charge in [-0.05, 0) is 18.6 Å². The van der Waals surface area contributed by atoms with Crippen molar-refractivity contribution in [1.29, 1.82) is 0 Å². The van der Waals surface area contributed by atoms with Crippen molar-refractivity contribution in [3.8, 4) is 0 Å². The molecule has 98 valence electrons. The minimum atomic E-state index is 1.10. The molecule has 2 aromatic carbocycles. The fourth-order valence-electron chi connectivity index (χ4n) is 3.00. The van der Waals surface area contributed by atoms with Crippen LogP contribution in [0.25, 0.3) is 15.8 Å². The van der Waals surface area contributed by atoms with Crippen LogP contribution >= 0.6 is 11.3 Å². The minimum absolute atomic E-state index is 1.10. The molecule has 0 N–H and O–H groups in total. The molecular weight excluding hydrogens is 262 g/mol. The first-order chi connectivity index (χ1) is 9.84. The number of thiazole rings is 1.